The molecule has 26 heavy (non-hydrogen) atoms. The average Bonchev–Trinajstić information content (AvgIpc) is 3.16. The van der Waals surface area contributed by atoms with Crippen molar-refractivity contribution in [2.24, 2.45) is 0 Å². The average molecular weight is 421 g/mol. The van der Waals surface area contributed by atoms with Gasteiger partial charge in [0.2, 0.25) is 0 Å². The van der Waals surface area contributed by atoms with Crippen LogP contribution in [0.25, 0.3) is 0 Å². The van der Waals surface area contributed by atoms with E-state index in [0.717, 1.165) is 43.2 Å². The van der Waals surface area contributed by atoms with Crippen LogP contribution in [0.1, 0.15) is 16.5 Å². The molecule has 1 aliphatic heterocycles. The highest BCUT2D eigenvalue weighted by Crippen LogP contribution is 2.42. The highest BCUT2D eigenvalue weighted by Gasteiger charge is 2.28. The Morgan fingerprint density at radius 1 is 0.962 bits per heavy atom. The van der Waals surface area contributed by atoms with Crippen LogP contribution in [0.5, 0.6) is 17.2 Å². The second-order valence-corrected chi connectivity index (χ2v) is 6.63. The molecule has 2 aromatic rings. The zero-order chi connectivity index (χ0) is 16.9. The topological polar surface area (TPSA) is 43.0 Å². The van der Waals surface area contributed by atoms with Crippen LogP contribution < -0.4 is 19.5 Å². The number of thiophene rings is 1. The zero-order valence-corrected chi connectivity index (χ0v) is 17.6. The van der Waals surface area contributed by atoms with Crippen molar-refractivity contribution < 1.29 is 14.2 Å². The van der Waals surface area contributed by atoms with Crippen molar-refractivity contribution in [1.29, 1.82) is 0 Å². The minimum Gasteiger partial charge on any atom is -0.496 e. The Bertz CT molecular complexity index is 665. The standard InChI is InChI=1S/C18H24N2O3S.2ClH/c1-21-14-12-16(23-3)15(22-2)11-13(14)18(17-5-4-10-24-17)20-8-6-19-7-9-20;;/h4-5,10-12,18-19H,6-9H2,1-3H3;2*1H/t18-;;/m0../s1. The predicted octanol–water partition coefficient (Wildman–Crippen LogP) is 3.61. The molecule has 1 aromatic heterocycles. The number of methoxy groups -OCH3 is 3. The summed E-state index contributed by atoms with van der Waals surface area (Å²) < 4.78 is 16.6. The van der Waals surface area contributed by atoms with Crippen LogP contribution in [-0.2, 0) is 0 Å². The number of hydrogen-bond acceptors (Lipinski definition) is 6. The van der Waals surface area contributed by atoms with Crippen LogP contribution in [0.4, 0.5) is 0 Å². The van der Waals surface area contributed by atoms with Gasteiger partial charge in [-0.2, -0.15) is 0 Å². The van der Waals surface area contributed by atoms with Gasteiger partial charge >= 0.3 is 0 Å². The van der Waals surface area contributed by atoms with E-state index < -0.39 is 0 Å². The number of halogens is 2. The molecule has 0 bridgehead atoms. The van der Waals surface area contributed by atoms with Gasteiger partial charge in [-0.25, -0.2) is 0 Å². The quantitative estimate of drug-likeness (QED) is 0.772. The van der Waals surface area contributed by atoms with Crippen molar-refractivity contribution in [3.05, 3.63) is 40.1 Å². The fraction of sp³-hybridized carbons (Fsp3) is 0.444. The summed E-state index contributed by atoms with van der Waals surface area (Å²) in [6.07, 6.45) is 0. The highest BCUT2D eigenvalue weighted by atomic mass is 35.5. The van der Waals surface area contributed by atoms with Gasteiger partial charge in [-0.3, -0.25) is 4.90 Å². The van der Waals surface area contributed by atoms with Gasteiger partial charge in [0.25, 0.3) is 0 Å². The third kappa shape index (κ3) is 4.75. The largest absolute Gasteiger partial charge is 0.496 e. The van der Waals surface area contributed by atoms with Crippen molar-refractivity contribution in [2.75, 3.05) is 47.5 Å². The van der Waals surface area contributed by atoms with E-state index in [0.29, 0.717) is 5.75 Å². The van der Waals surface area contributed by atoms with E-state index in [1.807, 2.05) is 12.1 Å². The number of rotatable bonds is 6. The summed E-state index contributed by atoms with van der Waals surface area (Å²) >= 11 is 1.77. The summed E-state index contributed by atoms with van der Waals surface area (Å²) in [4.78, 5) is 3.80. The van der Waals surface area contributed by atoms with E-state index >= 15 is 0 Å². The zero-order valence-electron chi connectivity index (χ0n) is 15.2. The molecule has 3 rings (SSSR count). The van der Waals surface area contributed by atoms with Crippen molar-refractivity contribution in [3.63, 3.8) is 0 Å². The minimum atomic E-state index is 0. The molecule has 1 atom stereocenters. The Balaban J connectivity index is 0.00000169. The SMILES string of the molecule is COc1cc(OC)c([C@@H](c2cccs2)N2CCNCC2)cc1OC.Cl.Cl. The lowest BCUT2D eigenvalue weighted by Gasteiger charge is -2.35. The normalized spacial score (nSPS) is 15.3. The molecule has 0 unspecified atom stereocenters. The number of piperazine rings is 1. The van der Waals surface area contributed by atoms with Crippen LogP contribution in [0.3, 0.4) is 0 Å². The fourth-order valence-corrected chi connectivity index (χ4v) is 4.06. The second kappa shape index (κ2) is 10.8. The number of ether oxygens (including phenoxy) is 3. The molecule has 0 amide bonds. The van der Waals surface area contributed by atoms with Crippen LogP contribution >= 0.6 is 36.2 Å². The Kier molecular flexibility index (Phi) is 9.54. The second-order valence-electron chi connectivity index (χ2n) is 5.65. The lowest BCUT2D eigenvalue weighted by Crippen LogP contribution is -2.45. The van der Waals surface area contributed by atoms with E-state index in [2.05, 4.69) is 27.7 Å². The Hall–Kier alpha value is -1.18. The van der Waals surface area contributed by atoms with Gasteiger partial charge in [0.05, 0.1) is 27.4 Å². The summed E-state index contributed by atoms with van der Waals surface area (Å²) in [5.74, 6) is 2.23. The maximum absolute atomic E-state index is 5.68. The summed E-state index contributed by atoms with van der Waals surface area (Å²) in [6, 6.07) is 8.40. The fourth-order valence-electron chi connectivity index (χ4n) is 3.18. The lowest BCUT2D eigenvalue weighted by atomic mass is 10.0. The smallest absolute Gasteiger partial charge is 0.164 e. The molecule has 0 radical (unpaired) electrons. The van der Waals surface area contributed by atoms with Gasteiger partial charge < -0.3 is 19.5 Å². The maximum Gasteiger partial charge on any atom is 0.164 e. The molecule has 1 fully saturated rings. The molecule has 8 heteroatoms. The molecule has 146 valence electrons. The molecule has 1 aromatic carbocycles. The first-order valence-electron chi connectivity index (χ1n) is 8.06. The first kappa shape index (κ1) is 22.9. The summed E-state index contributed by atoms with van der Waals surface area (Å²) in [5.41, 5.74) is 1.11. The summed E-state index contributed by atoms with van der Waals surface area (Å²) in [6.45, 7) is 4.00. The van der Waals surface area contributed by atoms with Crippen LogP contribution in [-0.4, -0.2) is 52.4 Å². The maximum atomic E-state index is 5.68. The number of nitrogens with one attached hydrogen (secondary N) is 1. The Labute approximate surface area is 171 Å². The van der Waals surface area contributed by atoms with Gasteiger partial charge in [-0.15, -0.1) is 36.2 Å². The van der Waals surface area contributed by atoms with Crippen molar-refractivity contribution in [2.45, 2.75) is 6.04 Å². The van der Waals surface area contributed by atoms with Crippen molar-refractivity contribution >= 4 is 36.2 Å². The molecule has 2 heterocycles. The highest BCUT2D eigenvalue weighted by molar-refractivity contribution is 7.10. The van der Waals surface area contributed by atoms with E-state index in [1.54, 1.807) is 32.7 Å². The first-order valence-corrected chi connectivity index (χ1v) is 8.94. The molecular formula is C18H26Cl2N2O3S. The van der Waals surface area contributed by atoms with Crippen LogP contribution in [0.15, 0.2) is 29.6 Å². The minimum absolute atomic E-state index is 0. The Morgan fingerprint density at radius 3 is 2.12 bits per heavy atom. The molecule has 1 N–H and O–H groups in total. The van der Waals surface area contributed by atoms with Crippen molar-refractivity contribution in [1.82, 2.24) is 10.2 Å². The van der Waals surface area contributed by atoms with E-state index in [-0.39, 0.29) is 30.9 Å². The third-order valence-electron chi connectivity index (χ3n) is 4.36. The molecule has 1 saturated heterocycles. The van der Waals surface area contributed by atoms with Crippen molar-refractivity contribution in [3.8, 4) is 17.2 Å². The molecule has 5 nitrogen and oxygen atoms in total. The van der Waals surface area contributed by atoms with Gasteiger partial charge in [-0.1, -0.05) is 6.07 Å². The molecular weight excluding hydrogens is 395 g/mol. The van der Waals surface area contributed by atoms with Gasteiger partial charge in [-0.05, 0) is 17.5 Å². The third-order valence-corrected chi connectivity index (χ3v) is 5.28. The lowest BCUT2D eigenvalue weighted by molar-refractivity contribution is 0.197. The van der Waals surface area contributed by atoms with E-state index in [9.17, 15) is 0 Å². The summed E-state index contributed by atoms with van der Waals surface area (Å²) in [7, 11) is 5.01. The van der Waals surface area contributed by atoms with Gasteiger partial charge in [0.1, 0.15) is 5.75 Å². The molecule has 0 saturated carbocycles. The molecule has 0 aliphatic carbocycles. The number of benzene rings is 1. The predicted molar refractivity (Wildman–Crippen MR) is 111 cm³/mol. The van der Waals surface area contributed by atoms with Crippen LogP contribution in [0, 0.1) is 0 Å². The molecule has 0 spiro atoms. The van der Waals surface area contributed by atoms with Gasteiger partial charge in [0, 0.05) is 42.7 Å². The van der Waals surface area contributed by atoms with E-state index in [4.69, 9.17) is 14.2 Å². The summed E-state index contributed by atoms with van der Waals surface area (Å²) in [5, 5.41) is 5.54. The van der Waals surface area contributed by atoms with E-state index in [1.165, 1.54) is 4.88 Å². The monoisotopic (exact) mass is 420 g/mol. The van der Waals surface area contributed by atoms with Crippen LogP contribution in [0.2, 0.25) is 0 Å². The van der Waals surface area contributed by atoms with Gasteiger partial charge in [0.15, 0.2) is 11.5 Å². The first-order chi connectivity index (χ1) is 11.8. The molecule has 1 aliphatic rings. The number of nitrogens with zero attached hydrogens (tertiary/aromatic N) is 1. The number of hydrogen-bond donors (Lipinski definition) is 1. The Morgan fingerprint density at radius 2 is 1.58 bits per heavy atom.